The lowest BCUT2D eigenvalue weighted by Crippen LogP contribution is -2.62. The van der Waals surface area contributed by atoms with Crippen molar-refractivity contribution in [3.8, 4) is 11.5 Å². The highest BCUT2D eigenvalue weighted by Crippen LogP contribution is 2.47. The van der Waals surface area contributed by atoms with Gasteiger partial charge in [-0.25, -0.2) is 0 Å². The van der Waals surface area contributed by atoms with Crippen molar-refractivity contribution in [1.82, 2.24) is 5.32 Å². The Labute approximate surface area is 218 Å². The lowest BCUT2D eigenvalue weighted by Gasteiger charge is -2.45. The zero-order valence-electron chi connectivity index (χ0n) is 20.7. The fourth-order valence-electron chi connectivity index (χ4n) is 4.67. The molecular weight excluding hydrogens is 490 g/mol. The second kappa shape index (κ2) is 11.0. The minimum atomic E-state index is -1.52. The number of aliphatic carboxylic acids is 2. The van der Waals surface area contributed by atoms with Crippen LogP contribution in [0.3, 0.4) is 0 Å². The van der Waals surface area contributed by atoms with Gasteiger partial charge >= 0.3 is 11.9 Å². The lowest BCUT2D eigenvalue weighted by atomic mass is 9.55. The fraction of sp³-hybridized carbons (Fsp3) is 0.214. The van der Waals surface area contributed by atoms with Crippen LogP contribution in [-0.4, -0.2) is 41.0 Å². The van der Waals surface area contributed by atoms with Crippen LogP contribution in [0.1, 0.15) is 5.56 Å². The predicted octanol–water partition coefficient (Wildman–Crippen LogP) is 3.86. The highest BCUT2D eigenvalue weighted by atomic mass is 16.5. The summed E-state index contributed by atoms with van der Waals surface area (Å²) in [5, 5.41) is 27.2. The molecule has 0 spiro atoms. The zero-order valence-corrected chi connectivity index (χ0v) is 20.7. The highest BCUT2D eigenvalue weighted by molar-refractivity contribution is 6.04. The lowest BCUT2D eigenvalue weighted by molar-refractivity contribution is -0.180. The number of ether oxygens (including phenoxy) is 1. The van der Waals surface area contributed by atoms with Gasteiger partial charge in [-0.05, 0) is 67.1 Å². The molecular formula is C28H27N3O7. The monoisotopic (exact) mass is 517 g/mol. The van der Waals surface area contributed by atoms with E-state index in [1.54, 1.807) is 25.1 Å². The predicted molar refractivity (Wildman–Crippen MR) is 139 cm³/mol. The molecule has 0 aliphatic heterocycles. The van der Waals surface area contributed by atoms with E-state index >= 15 is 0 Å². The third-order valence-corrected chi connectivity index (χ3v) is 6.56. The minimum absolute atomic E-state index is 0.362. The molecule has 4 atom stereocenters. The highest BCUT2D eigenvalue weighted by Gasteiger charge is 2.63. The molecule has 1 aliphatic rings. The van der Waals surface area contributed by atoms with Gasteiger partial charge in [-0.2, -0.15) is 0 Å². The number of aryl methyl sites for hydroxylation is 1. The Morgan fingerprint density at radius 2 is 1.26 bits per heavy atom. The van der Waals surface area contributed by atoms with Crippen LogP contribution >= 0.6 is 0 Å². The number of para-hydroxylation sites is 1. The van der Waals surface area contributed by atoms with Gasteiger partial charge in [0.2, 0.25) is 11.8 Å². The molecule has 10 heteroatoms. The summed E-state index contributed by atoms with van der Waals surface area (Å²) in [7, 11) is 1.31. The molecule has 1 saturated carbocycles. The van der Waals surface area contributed by atoms with Crippen molar-refractivity contribution in [3.05, 3.63) is 78.4 Å². The maximum Gasteiger partial charge on any atom is 0.308 e. The number of carboxylic acid groups (broad SMARTS) is 2. The number of carboxylic acids is 2. The molecule has 2 amide bonds. The topological polar surface area (TPSA) is 154 Å². The van der Waals surface area contributed by atoms with E-state index in [-0.39, 0.29) is 0 Å². The van der Waals surface area contributed by atoms with Crippen LogP contribution in [0.2, 0.25) is 0 Å². The summed E-state index contributed by atoms with van der Waals surface area (Å²) in [5.74, 6) is -8.78. The Hall–Kier alpha value is -4.86. The normalized spacial score (nSPS) is 19.9. The number of benzene rings is 3. The van der Waals surface area contributed by atoms with Gasteiger partial charge in [0.25, 0.3) is 0 Å². The van der Waals surface area contributed by atoms with E-state index in [1.807, 2.05) is 54.6 Å². The molecule has 196 valence electrons. The van der Waals surface area contributed by atoms with Gasteiger partial charge in [-0.1, -0.05) is 18.2 Å². The van der Waals surface area contributed by atoms with E-state index in [0.717, 1.165) is 11.4 Å². The number of nitrogens with one attached hydrogen (secondary N) is 3. The van der Waals surface area contributed by atoms with Crippen molar-refractivity contribution >= 4 is 40.8 Å². The summed E-state index contributed by atoms with van der Waals surface area (Å²) in [6, 6.07) is 22.1. The Balaban J connectivity index is 1.44. The van der Waals surface area contributed by atoms with Crippen molar-refractivity contribution in [1.29, 1.82) is 0 Å². The van der Waals surface area contributed by atoms with E-state index in [2.05, 4.69) is 16.0 Å². The second-order valence-electron chi connectivity index (χ2n) is 8.98. The molecule has 5 N–H and O–H groups in total. The molecule has 0 aromatic heterocycles. The number of amides is 2. The van der Waals surface area contributed by atoms with Crippen LogP contribution in [0.15, 0.2) is 72.8 Å². The van der Waals surface area contributed by atoms with E-state index < -0.39 is 47.4 Å². The van der Waals surface area contributed by atoms with Crippen molar-refractivity contribution in [2.45, 2.75) is 6.92 Å². The van der Waals surface area contributed by atoms with Crippen LogP contribution in [0.4, 0.5) is 17.1 Å². The van der Waals surface area contributed by atoms with Crippen molar-refractivity contribution in [2.24, 2.45) is 23.7 Å². The maximum absolute atomic E-state index is 13.0. The van der Waals surface area contributed by atoms with E-state index in [0.29, 0.717) is 22.7 Å². The summed E-state index contributed by atoms with van der Waals surface area (Å²) in [4.78, 5) is 48.5. The minimum Gasteiger partial charge on any atom is -0.481 e. The second-order valence-corrected chi connectivity index (χ2v) is 8.98. The number of hydrogen-bond acceptors (Lipinski definition) is 6. The smallest absolute Gasteiger partial charge is 0.308 e. The SMILES string of the molecule is CNC(=O)C1C(C(=O)O)C(C(=O)O)C1C(=O)Nc1ccc(Oc2ccc(Nc3ccccc3)cc2)c(C)c1. The van der Waals surface area contributed by atoms with E-state index in [9.17, 15) is 29.4 Å². The van der Waals surface area contributed by atoms with Crippen LogP contribution < -0.4 is 20.7 Å². The zero-order chi connectivity index (χ0) is 27.4. The van der Waals surface area contributed by atoms with E-state index in [4.69, 9.17) is 4.74 Å². The summed E-state index contributed by atoms with van der Waals surface area (Å²) >= 11 is 0. The third kappa shape index (κ3) is 5.44. The summed E-state index contributed by atoms with van der Waals surface area (Å²) < 4.78 is 5.97. The van der Waals surface area contributed by atoms with E-state index in [1.165, 1.54) is 7.05 Å². The third-order valence-electron chi connectivity index (χ3n) is 6.56. The maximum atomic E-state index is 13.0. The fourth-order valence-corrected chi connectivity index (χ4v) is 4.67. The summed E-state index contributed by atoms with van der Waals surface area (Å²) in [5.41, 5.74) is 2.92. The molecule has 4 unspecified atom stereocenters. The Morgan fingerprint density at radius 1 is 0.711 bits per heavy atom. The van der Waals surface area contributed by atoms with Crippen molar-refractivity contribution in [2.75, 3.05) is 17.7 Å². The average molecular weight is 518 g/mol. The van der Waals surface area contributed by atoms with Gasteiger partial charge in [0, 0.05) is 24.1 Å². The number of carbonyl (C=O) groups is 4. The first kappa shape index (κ1) is 26.2. The molecule has 10 nitrogen and oxygen atoms in total. The molecule has 0 saturated heterocycles. The molecule has 0 radical (unpaired) electrons. The van der Waals surface area contributed by atoms with Gasteiger partial charge < -0.3 is 30.9 Å². The summed E-state index contributed by atoms with van der Waals surface area (Å²) in [6.07, 6.45) is 0. The van der Waals surface area contributed by atoms with Gasteiger partial charge in [0.15, 0.2) is 0 Å². The summed E-state index contributed by atoms with van der Waals surface area (Å²) in [6.45, 7) is 1.79. The molecule has 4 rings (SSSR count). The van der Waals surface area contributed by atoms with Crippen LogP contribution in [-0.2, 0) is 19.2 Å². The van der Waals surface area contributed by atoms with Crippen LogP contribution in [0, 0.1) is 30.6 Å². The quantitative estimate of drug-likeness (QED) is 0.287. The molecule has 1 aliphatic carbocycles. The Bertz CT molecular complexity index is 1360. The van der Waals surface area contributed by atoms with Crippen molar-refractivity contribution < 1.29 is 34.1 Å². The molecule has 0 heterocycles. The molecule has 1 fully saturated rings. The molecule has 3 aromatic rings. The van der Waals surface area contributed by atoms with Crippen LogP contribution in [0.5, 0.6) is 11.5 Å². The van der Waals surface area contributed by atoms with Crippen LogP contribution in [0.25, 0.3) is 0 Å². The van der Waals surface area contributed by atoms with Gasteiger partial charge in [-0.15, -0.1) is 0 Å². The number of hydrogen-bond donors (Lipinski definition) is 5. The van der Waals surface area contributed by atoms with Crippen molar-refractivity contribution in [3.63, 3.8) is 0 Å². The first-order valence-corrected chi connectivity index (χ1v) is 11.9. The number of anilines is 3. The number of carbonyl (C=O) groups excluding carboxylic acids is 2. The van der Waals surface area contributed by atoms with Gasteiger partial charge in [-0.3, -0.25) is 19.2 Å². The van der Waals surface area contributed by atoms with Gasteiger partial charge in [0.05, 0.1) is 23.7 Å². The first-order chi connectivity index (χ1) is 18.2. The first-order valence-electron chi connectivity index (χ1n) is 11.9. The largest absolute Gasteiger partial charge is 0.481 e. The standard InChI is InChI=1S/C28H27N3O7/c1-15-14-18(31-26(33)22-21(25(32)29-2)23(27(34)35)24(22)28(36)37)10-13-20(15)38-19-11-8-17(9-12-19)30-16-6-4-3-5-7-16/h3-14,21-24,30H,1-2H3,(H,29,32)(H,31,33)(H,34,35)(H,36,37). The Morgan fingerprint density at radius 3 is 1.82 bits per heavy atom. The molecule has 0 bridgehead atoms. The number of rotatable bonds is 9. The molecule has 3 aromatic carbocycles. The average Bonchev–Trinajstić information content (AvgIpc) is 2.86. The Kier molecular flexibility index (Phi) is 7.61. The molecule has 38 heavy (non-hydrogen) atoms. The van der Waals surface area contributed by atoms with Gasteiger partial charge in [0.1, 0.15) is 11.5 Å².